The van der Waals surface area contributed by atoms with Gasteiger partial charge in [-0.3, -0.25) is 9.80 Å². The molecule has 1 aliphatic heterocycles. The number of benzene rings is 1. The minimum absolute atomic E-state index is 0.250. The van der Waals surface area contributed by atoms with Gasteiger partial charge in [-0.1, -0.05) is 13.8 Å². The largest absolute Gasteiger partial charge is 0.497 e. The molecule has 24 heavy (non-hydrogen) atoms. The number of aliphatic hydroxyl groups is 1. The van der Waals surface area contributed by atoms with Gasteiger partial charge in [-0.2, -0.15) is 0 Å². The molecule has 0 amide bonds. The van der Waals surface area contributed by atoms with Crippen molar-refractivity contribution in [1.82, 2.24) is 9.80 Å². The minimum atomic E-state index is 0.250. The van der Waals surface area contributed by atoms with Gasteiger partial charge in [0.15, 0.2) is 0 Å². The SMILES string of the molecule is COc1cc(CN2CCN(CC(C)C)[C@H](CCO)C2)cc(OC)c1. The van der Waals surface area contributed by atoms with E-state index >= 15 is 0 Å². The predicted molar refractivity (Wildman–Crippen MR) is 96.7 cm³/mol. The number of hydrogen-bond acceptors (Lipinski definition) is 5. The fourth-order valence-electron chi connectivity index (χ4n) is 3.45. The summed E-state index contributed by atoms with van der Waals surface area (Å²) in [5.41, 5.74) is 1.20. The van der Waals surface area contributed by atoms with E-state index in [-0.39, 0.29) is 6.61 Å². The summed E-state index contributed by atoms with van der Waals surface area (Å²) >= 11 is 0. The van der Waals surface area contributed by atoms with Gasteiger partial charge in [0.05, 0.1) is 14.2 Å². The number of nitrogens with zero attached hydrogens (tertiary/aromatic N) is 2. The second-order valence-corrected chi connectivity index (χ2v) is 7.01. The number of aliphatic hydroxyl groups excluding tert-OH is 1. The van der Waals surface area contributed by atoms with Gasteiger partial charge in [0, 0.05) is 51.4 Å². The molecule has 0 aliphatic carbocycles. The van der Waals surface area contributed by atoms with E-state index in [0.29, 0.717) is 12.0 Å². The Morgan fingerprint density at radius 2 is 1.79 bits per heavy atom. The Bertz CT molecular complexity index is 485. The lowest BCUT2D eigenvalue weighted by Crippen LogP contribution is -2.53. The molecular weight excluding hydrogens is 304 g/mol. The summed E-state index contributed by atoms with van der Waals surface area (Å²) in [6.07, 6.45) is 0.838. The van der Waals surface area contributed by atoms with Crippen molar-refractivity contribution in [2.75, 3.05) is 47.0 Å². The maximum atomic E-state index is 9.40. The molecule has 1 aromatic rings. The Hall–Kier alpha value is -1.30. The van der Waals surface area contributed by atoms with Crippen LogP contribution in [0.3, 0.4) is 0 Å². The first-order valence-electron chi connectivity index (χ1n) is 8.85. The van der Waals surface area contributed by atoms with E-state index in [0.717, 1.165) is 50.6 Å². The first-order valence-corrected chi connectivity index (χ1v) is 8.85. The van der Waals surface area contributed by atoms with E-state index in [4.69, 9.17) is 9.47 Å². The van der Waals surface area contributed by atoms with Crippen LogP contribution in [0.25, 0.3) is 0 Å². The van der Waals surface area contributed by atoms with Gasteiger partial charge in [-0.05, 0) is 30.0 Å². The normalized spacial score (nSPS) is 19.7. The molecule has 0 aromatic heterocycles. The Morgan fingerprint density at radius 1 is 1.12 bits per heavy atom. The average Bonchev–Trinajstić information content (AvgIpc) is 2.56. The third kappa shape index (κ3) is 5.36. The molecule has 0 radical (unpaired) electrons. The zero-order valence-electron chi connectivity index (χ0n) is 15.5. The monoisotopic (exact) mass is 336 g/mol. The van der Waals surface area contributed by atoms with Gasteiger partial charge < -0.3 is 14.6 Å². The third-order valence-electron chi connectivity index (χ3n) is 4.57. The van der Waals surface area contributed by atoms with Crippen molar-refractivity contribution in [3.63, 3.8) is 0 Å². The zero-order valence-corrected chi connectivity index (χ0v) is 15.5. The van der Waals surface area contributed by atoms with Crippen LogP contribution in [-0.2, 0) is 6.54 Å². The van der Waals surface area contributed by atoms with Crippen molar-refractivity contribution in [3.8, 4) is 11.5 Å². The molecule has 5 heteroatoms. The topological polar surface area (TPSA) is 45.2 Å². The summed E-state index contributed by atoms with van der Waals surface area (Å²) in [6.45, 7) is 9.84. The first kappa shape index (κ1) is 19.0. The van der Waals surface area contributed by atoms with Gasteiger partial charge in [0.25, 0.3) is 0 Å². The second kappa shape index (κ2) is 9.25. The average molecular weight is 336 g/mol. The fraction of sp³-hybridized carbons (Fsp3) is 0.684. The summed E-state index contributed by atoms with van der Waals surface area (Å²) in [6, 6.07) is 6.48. The highest BCUT2D eigenvalue weighted by atomic mass is 16.5. The number of piperazine rings is 1. The van der Waals surface area contributed by atoms with Crippen molar-refractivity contribution in [2.24, 2.45) is 5.92 Å². The van der Waals surface area contributed by atoms with E-state index in [9.17, 15) is 5.11 Å². The zero-order chi connectivity index (χ0) is 17.5. The molecular formula is C19H32N2O3. The highest BCUT2D eigenvalue weighted by Crippen LogP contribution is 2.24. The molecule has 0 unspecified atom stereocenters. The van der Waals surface area contributed by atoms with Crippen LogP contribution in [0.1, 0.15) is 25.8 Å². The number of hydrogen-bond donors (Lipinski definition) is 1. The van der Waals surface area contributed by atoms with Crippen LogP contribution in [0.15, 0.2) is 18.2 Å². The quantitative estimate of drug-likeness (QED) is 0.789. The second-order valence-electron chi connectivity index (χ2n) is 7.01. The van der Waals surface area contributed by atoms with Crippen molar-refractivity contribution in [2.45, 2.75) is 32.9 Å². The lowest BCUT2D eigenvalue weighted by molar-refractivity contribution is 0.0476. The Balaban J connectivity index is 2.03. The third-order valence-corrected chi connectivity index (χ3v) is 4.57. The first-order chi connectivity index (χ1) is 11.5. The molecule has 5 nitrogen and oxygen atoms in total. The van der Waals surface area contributed by atoms with Crippen LogP contribution in [0.4, 0.5) is 0 Å². The standard InChI is InChI=1S/C19H32N2O3/c1-15(2)12-21-7-6-20(14-17(21)5-8-22)13-16-9-18(23-3)11-19(10-16)24-4/h9-11,15,17,22H,5-8,12-14H2,1-4H3/t17-/m1/s1. The minimum Gasteiger partial charge on any atom is -0.497 e. The number of methoxy groups -OCH3 is 2. The van der Waals surface area contributed by atoms with E-state index in [1.54, 1.807) is 14.2 Å². The van der Waals surface area contributed by atoms with E-state index in [1.807, 2.05) is 6.07 Å². The van der Waals surface area contributed by atoms with Gasteiger partial charge in [0.2, 0.25) is 0 Å². The lowest BCUT2D eigenvalue weighted by Gasteiger charge is -2.42. The summed E-state index contributed by atoms with van der Waals surface area (Å²) in [4.78, 5) is 4.99. The molecule has 0 saturated carbocycles. The molecule has 0 spiro atoms. The highest BCUT2D eigenvalue weighted by molar-refractivity contribution is 5.38. The Kier molecular flexibility index (Phi) is 7.34. The number of ether oxygens (including phenoxy) is 2. The van der Waals surface area contributed by atoms with Gasteiger partial charge in [-0.15, -0.1) is 0 Å². The van der Waals surface area contributed by atoms with E-state index in [2.05, 4.69) is 35.8 Å². The van der Waals surface area contributed by atoms with Gasteiger partial charge in [0.1, 0.15) is 11.5 Å². The molecule has 1 fully saturated rings. The van der Waals surface area contributed by atoms with Crippen molar-refractivity contribution in [3.05, 3.63) is 23.8 Å². The maximum Gasteiger partial charge on any atom is 0.122 e. The van der Waals surface area contributed by atoms with Crippen LogP contribution >= 0.6 is 0 Å². The van der Waals surface area contributed by atoms with E-state index < -0.39 is 0 Å². The molecule has 1 aromatic carbocycles. The van der Waals surface area contributed by atoms with Crippen LogP contribution in [-0.4, -0.2) is 68.0 Å². The fourth-order valence-corrected chi connectivity index (χ4v) is 3.45. The van der Waals surface area contributed by atoms with E-state index in [1.165, 1.54) is 5.56 Å². The summed E-state index contributed by atoms with van der Waals surface area (Å²) in [5.74, 6) is 2.31. The summed E-state index contributed by atoms with van der Waals surface area (Å²) < 4.78 is 10.7. The van der Waals surface area contributed by atoms with Crippen LogP contribution in [0.2, 0.25) is 0 Å². The maximum absolute atomic E-state index is 9.40. The Morgan fingerprint density at radius 3 is 2.33 bits per heavy atom. The van der Waals surface area contributed by atoms with Crippen LogP contribution in [0.5, 0.6) is 11.5 Å². The molecule has 1 saturated heterocycles. The van der Waals surface area contributed by atoms with Crippen molar-refractivity contribution < 1.29 is 14.6 Å². The van der Waals surface area contributed by atoms with Crippen molar-refractivity contribution >= 4 is 0 Å². The molecule has 2 rings (SSSR count). The molecule has 1 heterocycles. The smallest absolute Gasteiger partial charge is 0.122 e. The molecule has 1 aliphatic rings. The lowest BCUT2D eigenvalue weighted by atomic mass is 10.1. The predicted octanol–water partition coefficient (Wildman–Crippen LogP) is 2.23. The molecule has 0 bridgehead atoms. The summed E-state index contributed by atoms with van der Waals surface area (Å²) in [7, 11) is 3.36. The van der Waals surface area contributed by atoms with Gasteiger partial charge in [-0.25, -0.2) is 0 Å². The van der Waals surface area contributed by atoms with Gasteiger partial charge >= 0.3 is 0 Å². The van der Waals surface area contributed by atoms with Crippen LogP contribution in [0, 0.1) is 5.92 Å². The Labute approximate surface area is 146 Å². The number of rotatable bonds is 8. The van der Waals surface area contributed by atoms with Crippen molar-refractivity contribution in [1.29, 1.82) is 0 Å². The molecule has 1 N–H and O–H groups in total. The van der Waals surface area contributed by atoms with Crippen LogP contribution < -0.4 is 9.47 Å². The highest BCUT2D eigenvalue weighted by Gasteiger charge is 2.27. The molecule has 1 atom stereocenters. The summed E-state index contributed by atoms with van der Waals surface area (Å²) in [5, 5.41) is 9.40. The molecule has 136 valence electrons.